The number of likely N-dealkylation sites (N-methyl/N-ethyl adjacent to an activating group) is 1. The Morgan fingerprint density at radius 3 is 2.28 bits per heavy atom. The molecule has 6 rings (SSSR count). The van der Waals surface area contributed by atoms with Gasteiger partial charge in [-0.05, 0) is 142 Å². The van der Waals surface area contributed by atoms with E-state index in [1.807, 2.05) is 18.2 Å². The second-order valence-electron chi connectivity index (χ2n) is 21.7. The maximum absolute atomic E-state index is 14.3. The predicted octanol–water partition coefficient (Wildman–Crippen LogP) is 9.46. The number of hydrogen-bond acceptors (Lipinski definition) is 7. The molecule has 5 aliphatic rings. The van der Waals surface area contributed by atoms with Crippen molar-refractivity contribution in [2.75, 3.05) is 33.7 Å². The molecule has 0 spiro atoms. The number of esters is 1. The van der Waals surface area contributed by atoms with Gasteiger partial charge >= 0.3 is 11.9 Å². The monoisotopic (exact) mass is 809 g/mol. The molecule has 8 nitrogen and oxygen atoms in total. The number of aliphatic hydroxyl groups is 1. The number of ether oxygens (including phenoxy) is 1. The first-order valence-corrected chi connectivity index (χ1v) is 22.3. The minimum Gasteiger partial charge on any atom is -0.481 e. The maximum Gasteiger partial charge on any atom is 0.309 e. The van der Waals surface area contributed by atoms with Crippen molar-refractivity contribution in [3.8, 4) is 0 Å². The van der Waals surface area contributed by atoms with Crippen molar-refractivity contribution in [1.29, 1.82) is 0 Å². The van der Waals surface area contributed by atoms with Crippen LogP contribution in [0.4, 0.5) is 0 Å². The molecule has 1 aromatic rings. The molecule has 9 heteroatoms. The Kier molecular flexibility index (Phi) is 12.2. The number of rotatable bonds is 13. The number of carbonyl (C=O) groups excluding carboxylic acids is 2. The van der Waals surface area contributed by atoms with Crippen LogP contribution in [-0.2, 0) is 25.7 Å². The molecule has 57 heavy (non-hydrogen) atoms. The number of ketones is 1. The summed E-state index contributed by atoms with van der Waals surface area (Å²) in [5.74, 6) is -0.00895. The molecule has 0 aromatic heterocycles. The molecular weight excluding hydrogens is 736 g/mol. The topological polar surface area (TPSA) is 107 Å². The zero-order chi connectivity index (χ0) is 42.1. The summed E-state index contributed by atoms with van der Waals surface area (Å²) in [6, 6.07) is 8.00. The van der Waals surface area contributed by atoms with Crippen molar-refractivity contribution in [2.24, 2.45) is 56.2 Å². The molecule has 0 amide bonds. The number of aliphatic hydroxyl groups excluding tert-OH is 1. The molecule has 0 aliphatic heterocycles. The fourth-order valence-electron chi connectivity index (χ4n) is 13.8. The number of allylic oxidation sites excluding steroid dienone is 1. The number of hydrogen-bond donors (Lipinski definition) is 2. The molecule has 1 aromatic carbocycles. The highest BCUT2D eigenvalue weighted by Gasteiger charge is 2.71. The van der Waals surface area contributed by atoms with E-state index in [1.54, 1.807) is 13.8 Å². The van der Waals surface area contributed by atoms with Crippen molar-refractivity contribution >= 4 is 29.3 Å². The van der Waals surface area contributed by atoms with E-state index in [2.05, 4.69) is 78.4 Å². The van der Waals surface area contributed by atoms with Gasteiger partial charge in [-0.15, -0.1) is 0 Å². The van der Waals surface area contributed by atoms with Gasteiger partial charge in [0.05, 0.1) is 17.9 Å². The minimum atomic E-state index is -1.17. The van der Waals surface area contributed by atoms with Crippen LogP contribution in [0, 0.1) is 56.2 Å². The SMILES string of the molecule is CC(C)C1=C2[C@H]3CCC4[C@@]5(C)CC[C@H](OC(=O)CC(C)(C)C(=O)O)C(C)(C)C5CC[C@@]4(C)[C@]3(C)CC[C@@]2([C@H](O)CN(CCN(C)C)Cc2cccc(Cl)c2)CC1=O. The van der Waals surface area contributed by atoms with E-state index in [1.165, 1.54) is 5.57 Å². The number of aliphatic carboxylic acids is 1. The Bertz CT molecular complexity index is 1750. The molecule has 9 atom stereocenters. The molecular formula is C48H73ClN2O6. The quantitative estimate of drug-likeness (QED) is 0.190. The lowest BCUT2D eigenvalue weighted by Crippen LogP contribution is -2.66. The first-order chi connectivity index (χ1) is 26.4. The summed E-state index contributed by atoms with van der Waals surface area (Å²) in [4.78, 5) is 43.8. The van der Waals surface area contributed by atoms with E-state index in [0.29, 0.717) is 36.4 Å². The van der Waals surface area contributed by atoms with Crippen molar-refractivity contribution in [3.63, 3.8) is 0 Å². The normalized spacial score (nSPS) is 35.5. The number of halogens is 1. The van der Waals surface area contributed by atoms with Gasteiger partial charge in [-0.3, -0.25) is 19.3 Å². The molecule has 0 bridgehead atoms. The number of benzene rings is 1. The first-order valence-electron chi connectivity index (χ1n) is 21.9. The van der Waals surface area contributed by atoms with Gasteiger partial charge in [0.2, 0.25) is 0 Å². The van der Waals surface area contributed by atoms with Crippen LogP contribution in [-0.4, -0.2) is 83.7 Å². The van der Waals surface area contributed by atoms with E-state index in [0.717, 1.165) is 75.6 Å². The van der Waals surface area contributed by atoms with Gasteiger partial charge in [0, 0.05) is 48.5 Å². The maximum atomic E-state index is 14.3. The molecule has 0 radical (unpaired) electrons. The van der Waals surface area contributed by atoms with Crippen molar-refractivity contribution in [3.05, 3.63) is 46.0 Å². The highest BCUT2D eigenvalue weighted by Crippen LogP contribution is 2.77. The summed E-state index contributed by atoms with van der Waals surface area (Å²) < 4.78 is 6.20. The zero-order valence-electron chi connectivity index (χ0n) is 37.0. The Balaban J connectivity index is 1.29. The molecule has 5 aliphatic carbocycles. The summed E-state index contributed by atoms with van der Waals surface area (Å²) in [5.41, 5.74) is 1.48. The number of Topliss-reactive ketones (excluding diaryl/α,β-unsaturated/α-hetero) is 1. The largest absolute Gasteiger partial charge is 0.481 e. The molecule has 318 valence electrons. The second kappa shape index (κ2) is 15.6. The Labute approximate surface area is 348 Å². The van der Waals surface area contributed by atoms with Gasteiger partial charge in [0.1, 0.15) is 6.10 Å². The average molecular weight is 810 g/mol. The molecule has 4 fully saturated rings. The molecule has 0 saturated heterocycles. The number of fused-ring (bicyclic) bond motifs is 7. The fraction of sp³-hybridized carbons (Fsp3) is 0.771. The van der Waals surface area contributed by atoms with Crippen LogP contribution in [0.25, 0.3) is 0 Å². The van der Waals surface area contributed by atoms with Crippen LogP contribution >= 0.6 is 11.6 Å². The third kappa shape index (κ3) is 7.58. The van der Waals surface area contributed by atoms with Crippen molar-refractivity contribution < 1.29 is 29.3 Å². The summed E-state index contributed by atoms with van der Waals surface area (Å²) >= 11 is 6.41. The third-order valence-electron chi connectivity index (χ3n) is 17.1. The van der Waals surface area contributed by atoms with Gasteiger partial charge in [0.15, 0.2) is 5.78 Å². The summed E-state index contributed by atoms with van der Waals surface area (Å²) in [6.07, 6.45) is 7.11. The lowest BCUT2D eigenvalue weighted by atomic mass is 9.33. The molecule has 2 unspecified atom stereocenters. The Morgan fingerprint density at radius 1 is 0.947 bits per heavy atom. The van der Waals surface area contributed by atoms with Gasteiger partial charge in [-0.2, -0.15) is 0 Å². The number of carboxylic acid groups (broad SMARTS) is 1. The van der Waals surface area contributed by atoms with E-state index in [4.69, 9.17) is 16.3 Å². The van der Waals surface area contributed by atoms with Gasteiger partial charge in [-0.1, -0.05) is 77.8 Å². The zero-order valence-corrected chi connectivity index (χ0v) is 37.7. The van der Waals surface area contributed by atoms with E-state index in [9.17, 15) is 24.6 Å². The summed E-state index contributed by atoms with van der Waals surface area (Å²) in [7, 11) is 4.16. The molecule has 4 saturated carbocycles. The number of carbonyl (C=O) groups is 3. The van der Waals surface area contributed by atoms with Crippen molar-refractivity contribution in [2.45, 2.75) is 145 Å². The lowest BCUT2D eigenvalue weighted by molar-refractivity contribution is -0.235. The Hall–Kier alpha value is -2.26. The number of carboxylic acids is 1. The van der Waals surface area contributed by atoms with Crippen LogP contribution in [0.5, 0.6) is 0 Å². The van der Waals surface area contributed by atoms with Crippen LogP contribution in [0.1, 0.15) is 132 Å². The van der Waals surface area contributed by atoms with Crippen LogP contribution in [0.3, 0.4) is 0 Å². The highest BCUT2D eigenvalue weighted by atomic mass is 35.5. The lowest BCUT2D eigenvalue weighted by Gasteiger charge is -2.72. The van der Waals surface area contributed by atoms with Crippen molar-refractivity contribution in [1.82, 2.24) is 9.80 Å². The Morgan fingerprint density at radius 2 is 1.65 bits per heavy atom. The van der Waals surface area contributed by atoms with E-state index < -0.39 is 28.9 Å². The summed E-state index contributed by atoms with van der Waals surface area (Å²) in [5, 5.41) is 23.1. The van der Waals surface area contributed by atoms with Gasteiger partial charge < -0.3 is 19.8 Å². The third-order valence-corrected chi connectivity index (χ3v) is 17.3. The second-order valence-corrected chi connectivity index (χ2v) is 22.2. The average Bonchev–Trinajstić information content (AvgIpc) is 3.42. The van der Waals surface area contributed by atoms with Crippen LogP contribution in [0.15, 0.2) is 35.4 Å². The fourth-order valence-corrected chi connectivity index (χ4v) is 14.0. The molecule has 2 N–H and O–H groups in total. The first kappa shape index (κ1) is 44.3. The van der Waals surface area contributed by atoms with Gasteiger partial charge in [-0.25, -0.2) is 0 Å². The van der Waals surface area contributed by atoms with E-state index >= 15 is 0 Å². The standard InChI is InChI=1S/C48H73ClN2O6/c1-30(2)40-34(52)26-48(37(53)29-51(24-23-50(10)11)28-31-13-12-14-32(49)25-31)22-21-46(8)33(41(40)48)15-16-36-45(7)19-18-38(57-39(54)27-43(3,4)42(55)56)44(5,6)35(45)17-20-47(36,46)9/h12-14,25,30,33,35-38,53H,15-24,26-29H2,1-11H3,(H,55,56)/t33-,35?,36?,37-,38+,45+,46-,47-,48+/m1/s1. The predicted molar refractivity (Wildman–Crippen MR) is 227 cm³/mol. The van der Waals surface area contributed by atoms with Gasteiger partial charge in [0.25, 0.3) is 0 Å². The summed E-state index contributed by atoms with van der Waals surface area (Å²) in [6.45, 7) is 22.6. The van der Waals surface area contributed by atoms with Crippen LogP contribution in [0.2, 0.25) is 5.02 Å². The highest BCUT2D eigenvalue weighted by molar-refractivity contribution is 6.30. The molecule has 0 heterocycles. The van der Waals surface area contributed by atoms with Crippen LogP contribution < -0.4 is 0 Å². The smallest absolute Gasteiger partial charge is 0.309 e. The number of nitrogens with zero attached hydrogens (tertiary/aromatic N) is 2. The van der Waals surface area contributed by atoms with E-state index in [-0.39, 0.29) is 51.8 Å². The minimum absolute atomic E-state index is 0.0333.